The Kier molecular flexibility index (Phi) is 28.4. The predicted molar refractivity (Wildman–Crippen MR) is 308 cm³/mol. The summed E-state index contributed by atoms with van der Waals surface area (Å²) in [5.41, 5.74) is 12.8. The largest absolute Gasteiger partial charge is 0.508 e. The highest BCUT2D eigenvalue weighted by Crippen LogP contribution is 2.20. The van der Waals surface area contributed by atoms with Crippen molar-refractivity contribution in [2.45, 2.75) is 154 Å². The first kappa shape index (κ1) is 70.6. The van der Waals surface area contributed by atoms with Gasteiger partial charge in [0.1, 0.15) is 60.1 Å². The summed E-state index contributed by atoms with van der Waals surface area (Å²) in [6, 6.07) is -0.661. The molecule has 0 aliphatic rings. The quantitative estimate of drug-likeness (QED) is 0.0273. The van der Waals surface area contributed by atoms with Crippen LogP contribution >= 0.6 is 0 Å². The molecule has 11 amide bonds. The summed E-state index contributed by atoms with van der Waals surface area (Å²) in [5, 5.41) is 65.3. The first-order valence-electron chi connectivity index (χ1n) is 27.7. The van der Waals surface area contributed by atoms with E-state index in [1.807, 2.05) is 0 Å². The van der Waals surface area contributed by atoms with E-state index in [1.165, 1.54) is 38.1 Å². The van der Waals surface area contributed by atoms with Crippen molar-refractivity contribution in [3.05, 3.63) is 65.9 Å². The van der Waals surface area contributed by atoms with Gasteiger partial charge >= 0.3 is 5.97 Å². The Morgan fingerprint density at radius 3 is 1.54 bits per heavy atom. The molecule has 0 aliphatic carbocycles. The predicted octanol–water partition coefficient (Wildman–Crippen LogP) is -3.41. The summed E-state index contributed by atoms with van der Waals surface area (Å²) in [4.78, 5) is 162. The molecule has 3 aromatic rings. The molecule has 10 unspecified atom stereocenters. The van der Waals surface area contributed by atoms with E-state index in [1.54, 1.807) is 72.0 Å². The Morgan fingerprint density at radius 2 is 1.00 bits per heavy atom. The van der Waals surface area contributed by atoms with Crippen LogP contribution in [-0.4, -0.2) is 177 Å². The second-order valence-corrected chi connectivity index (χ2v) is 21.9. The number of carbonyl (C=O) groups excluding carboxylic acids is 11. The fourth-order valence-corrected chi connectivity index (χ4v) is 8.72. The number of H-pyrrole nitrogens is 1. The van der Waals surface area contributed by atoms with Crippen LogP contribution in [0.2, 0.25) is 0 Å². The van der Waals surface area contributed by atoms with Crippen molar-refractivity contribution in [3.63, 3.8) is 0 Å². The number of fused-ring (bicyclic) bond motifs is 1. The van der Waals surface area contributed by atoms with Crippen molar-refractivity contribution in [1.29, 1.82) is 0 Å². The number of carboxylic acids is 1. The average molecular weight is 1190 g/mol. The number of phenols is 1. The molecule has 468 valence electrons. The number of hydrogen-bond acceptors (Lipinski definition) is 16. The lowest BCUT2D eigenvalue weighted by molar-refractivity contribution is -0.143. The van der Waals surface area contributed by atoms with Gasteiger partial charge in [0.15, 0.2) is 0 Å². The van der Waals surface area contributed by atoms with E-state index in [-0.39, 0.29) is 55.6 Å². The van der Waals surface area contributed by atoms with Crippen LogP contribution in [0.3, 0.4) is 0 Å². The van der Waals surface area contributed by atoms with E-state index >= 15 is 0 Å². The first-order chi connectivity index (χ1) is 39.9. The van der Waals surface area contributed by atoms with Crippen LogP contribution in [0.1, 0.15) is 92.2 Å². The lowest BCUT2D eigenvalue weighted by atomic mass is 9.99. The second-order valence-electron chi connectivity index (χ2n) is 21.9. The highest BCUT2D eigenvalue weighted by Gasteiger charge is 2.36. The lowest BCUT2D eigenvalue weighted by Crippen LogP contribution is -2.62. The van der Waals surface area contributed by atoms with Gasteiger partial charge in [0.05, 0.1) is 32.2 Å². The third kappa shape index (κ3) is 23.8. The van der Waals surface area contributed by atoms with Gasteiger partial charge in [-0.1, -0.05) is 71.9 Å². The molecule has 0 fully saturated rings. The summed E-state index contributed by atoms with van der Waals surface area (Å²) in [7, 11) is 0. The van der Waals surface area contributed by atoms with Gasteiger partial charge in [0.2, 0.25) is 65.0 Å². The molecular weight excluding hydrogens is 1110 g/mol. The van der Waals surface area contributed by atoms with E-state index in [4.69, 9.17) is 11.5 Å². The van der Waals surface area contributed by atoms with Crippen LogP contribution < -0.4 is 64.6 Å². The van der Waals surface area contributed by atoms with Gasteiger partial charge in [-0.15, -0.1) is 0 Å². The molecule has 0 radical (unpaired) electrons. The number of aliphatic hydroxyl groups is 2. The molecular formula is C56H83N13O16. The third-order valence-electron chi connectivity index (χ3n) is 13.1. The number of phenolic OH excluding ortho intramolecular Hbond substituents is 1. The minimum atomic E-state index is -1.83. The maximum Gasteiger partial charge on any atom is 0.326 e. The monoisotopic (exact) mass is 1190 g/mol. The van der Waals surface area contributed by atoms with Crippen LogP contribution in [0.25, 0.3) is 10.9 Å². The first-order valence-corrected chi connectivity index (χ1v) is 27.7. The zero-order chi connectivity index (χ0) is 63.8. The molecule has 1 heterocycles. The highest BCUT2D eigenvalue weighted by atomic mass is 16.4. The molecule has 0 bridgehead atoms. The second kappa shape index (κ2) is 34.2. The fraction of sp³-hybridized carbons (Fsp3) is 0.536. The Balaban J connectivity index is 1.71. The van der Waals surface area contributed by atoms with Crippen LogP contribution in [0.15, 0.2) is 54.7 Å². The molecule has 0 saturated heterocycles. The lowest BCUT2D eigenvalue weighted by Gasteiger charge is -2.28. The third-order valence-corrected chi connectivity index (χ3v) is 13.1. The number of carbonyl (C=O) groups is 12. The van der Waals surface area contributed by atoms with Gasteiger partial charge in [-0.2, -0.15) is 0 Å². The van der Waals surface area contributed by atoms with Gasteiger partial charge in [-0.25, -0.2) is 4.79 Å². The minimum Gasteiger partial charge on any atom is -0.508 e. The van der Waals surface area contributed by atoms with Gasteiger partial charge in [0, 0.05) is 29.9 Å². The Hall–Kier alpha value is -8.70. The molecule has 2 aromatic carbocycles. The molecule has 85 heavy (non-hydrogen) atoms. The van der Waals surface area contributed by atoms with E-state index in [9.17, 15) is 78.0 Å². The Morgan fingerprint density at radius 1 is 0.529 bits per heavy atom. The molecule has 3 rings (SSSR count). The summed E-state index contributed by atoms with van der Waals surface area (Å²) < 4.78 is 0. The molecule has 29 nitrogen and oxygen atoms in total. The van der Waals surface area contributed by atoms with E-state index in [2.05, 4.69) is 58.2 Å². The molecule has 19 N–H and O–H groups in total. The number of aromatic nitrogens is 1. The normalized spacial score (nSPS) is 14.8. The number of carboxylic acid groups (broad SMARTS) is 1. The van der Waals surface area contributed by atoms with Crippen LogP contribution in [0.4, 0.5) is 0 Å². The van der Waals surface area contributed by atoms with Crippen molar-refractivity contribution in [2.75, 3.05) is 19.7 Å². The van der Waals surface area contributed by atoms with Crippen LogP contribution in [0, 0.1) is 17.8 Å². The fourth-order valence-electron chi connectivity index (χ4n) is 8.72. The summed E-state index contributed by atoms with van der Waals surface area (Å²) in [6.45, 7) is 10.5. The molecule has 0 aliphatic heterocycles. The number of primary amides is 1. The SMILES string of the molecule is CC(C)CC(NC(=O)C(CC(C)C)NC(=O)C(Cc1ccc(O)cc1)NC(=O)CNC(=O)C(C)NC(=O)C(CO)NC(=O)C(CC(N)=O)NC(=O)C(CC(C)C)NC(=O)C(NC(=O)C(Cc1c[nH]c2ccccc12)NC(=O)CN)C(C)O)C(=O)O. The van der Waals surface area contributed by atoms with Crippen LogP contribution in [-0.2, 0) is 70.4 Å². The number of benzene rings is 2. The average Bonchev–Trinajstić information content (AvgIpc) is 4.13. The van der Waals surface area contributed by atoms with Crippen molar-refractivity contribution in [1.82, 2.24) is 58.2 Å². The van der Waals surface area contributed by atoms with Crippen LogP contribution in [0.5, 0.6) is 5.75 Å². The number of hydrogen-bond donors (Lipinski definition) is 17. The van der Waals surface area contributed by atoms with Gasteiger partial charge < -0.3 is 90.0 Å². The van der Waals surface area contributed by atoms with Gasteiger partial charge in [0.25, 0.3) is 0 Å². The molecule has 29 heteroatoms. The van der Waals surface area contributed by atoms with Crippen molar-refractivity contribution >= 4 is 81.9 Å². The van der Waals surface area contributed by atoms with Gasteiger partial charge in [-0.05, 0) is 80.2 Å². The zero-order valence-corrected chi connectivity index (χ0v) is 48.9. The molecule has 0 spiro atoms. The Labute approximate surface area is 491 Å². The maximum absolute atomic E-state index is 13.9. The highest BCUT2D eigenvalue weighted by molar-refractivity contribution is 5.99. The number of para-hydroxylation sites is 1. The maximum atomic E-state index is 13.9. The van der Waals surface area contributed by atoms with E-state index in [0.717, 1.165) is 10.9 Å². The van der Waals surface area contributed by atoms with E-state index < -0.39 is 158 Å². The number of aliphatic carboxylic acids is 1. The summed E-state index contributed by atoms with van der Waals surface area (Å²) in [5.74, 6) is -12.6. The summed E-state index contributed by atoms with van der Waals surface area (Å²) >= 11 is 0. The number of aliphatic hydroxyl groups excluding tert-OH is 2. The molecule has 1 aromatic heterocycles. The number of nitrogens with one attached hydrogen (secondary N) is 11. The van der Waals surface area contributed by atoms with Crippen molar-refractivity contribution in [3.8, 4) is 5.75 Å². The number of rotatable bonds is 35. The number of nitrogens with two attached hydrogens (primary N) is 2. The van der Waals surface area contributed by atoms with Crippen molar-refractivity contribution in [2.24, 2.45) is 29.2 Å². The minimum absolute atomic E-state index is 0.0626. The summed E-state index contributed by atoms with van der Waals surface area (Å²) in [6.07, 6.45) is -0.938. The zero-order valence-electron chi connectivity index (χ0n) is 48.9. The standard InChI is InChI=1S/C56H83N13O16/c1-27(2)17-37(50(78)67-42(56(84)85)19-29(5)6)64-51(79)39(20-32-13-15-34(72)16-14-32)63-46(75)25-60-48(76)30(7)61-54(82)43(26-70)68-52(80)41(22-44(58)73)65-49(77)38(18-28(3)4)66-55(83)47(31(8)71)69-53(81)40(62-45(74)23-57)21-33-24-59-36-12-10-9-11-35(33)36/h9-16,24,27-31,37-43,47,59,70-72H,17-23,25-26,57H2,1-8H3,(H2,58,73)(H,60,76)(H,61,82)(H,62,74)(H,63,75)(H,64,79)(H,65,77)(H,66,83)(H,67,78)(H,68,80)(H,69,81)(H,84,85). The number of amides is 11. The molecule has 0 saturated carbocycles. The number of aromatic hydroxyl groups is 1. The van der Waals surface area contributed by atoms with Crippen molar-refractivity contribution < 1.29 is 78.0 Å². The number of aromatic amines is 1. The van der Waals surface area contributed by atoms with E-state index in [0.29, 0.717) is 11.1 Å². The topological polar surface area (TPSA) is 474 Å². The van der Waals surface area contributed by atoms with Gasteiger partial charge in [-0.3, -0.25) is 52.7 Å². The smallest absolute Gasteiger partial charge is 0.326 e. The Bertz CT molecular complexity index is 2820. The molecule has 10 atom stereocenters.